The molecule has 0 aliphatic rings. The van der Waals surface area contributed by atoms with E-state index in [1.54, 1.807) is 7.05 Å². The van der Waals surface area contributed by atoms with Gasteiger partial charge in [-0.25, -0.2) is 9.69 Å². The van der Waals surface area contributed by atoms with Crippen LogP contribution in [0, 0.1) is 0 Å². The number of carbonyl (C=O) groups excluding carboxylic acids is 1. The molecule has 0 aromatic rings. The molecule has 0 atom stereocenters. The molecule has 12 heavy (non-hydrogen) atoms. The average molecular weight is 175 g/mol. The summed E-state index contributed by atoms with van der Waals surface area (Å²) in [7, 11) is 1.67. The SMILES string of the molecule is CNCCN(C(=O)O)C(=O)CN. The second kappa shape index (κ2) is 5.50. The summed E-state index contributed by atoms with van der Waals surface area (Å²) in [6, 6.07) is 0. The van der Waals surface area contributed by atoms with Gasteiger partial charge in [-0.15, -0.1) is 0 Å². The Hall–Kier alpha value is -1.14. The molecule has 0 rings (SSSR count). The third-order valence-electron chi connectivity index (χ3n) is 1.29. The molecule has 0 saturated carbocycles. The normalized spacial score (nSPS) is 9.50. The molecule has 0 aromatic heterocycles. The second-order valence-electron chi connectivity index (χ2n) is 2.14. The van der Waals surface area contributed by atoms with Gasteiger partial charge in [0.1, 0.15) is 0 Å². The topological polar surface area (TPSA) is 95.7 Å². The van der Waals surface area contributed by atoms with E-state index >= 15 is 0 Å². The summed E-state index contributed by atoms with van der Waals surface area (Å²) in [5.74, 6) is -0.585. The van der Waals surface area contributed by atoms with Crippen LogP contribution in [0.15, 0.2) is 0 Å². The van der Waals surface area contributed by atoms with E-state index in [4.69, 9.17) is 10.8 Å². The highest BCUT2D eigenvalue weighted by atomic mass is 16.4. The van der Waals surface area contributed by atoms with Crippen LogP contribution in [0.2, 0.25) is 0 Å². The van der Waals surface area contributed by atoms with Gasteiger partial charge in [0.2, 0.25) is 5.91 Å². The first kappa shape index (κ1) is 10.9. The van der Waals surface area contributed by atoms with Gasteiger partial charge in [-0.05, 0) is 7.05 Å². The molecule has 0 heterocycles. The largest absolute Gasteiger partial charge is 0.465 e. The average Bonchev–Trinajstić information content (AvgIpc) is 2.04. The minimum absolute atomic E-state index is 0.127. The Morgan fingerprint density at radius 2 is 2.17 bits per heavy atom. The van der Waals surface area contributed by atoms with Crippen molar-refractivity contribution in [2.45, 2.75) is 0 Å². The lowest BCUT2D eigenvalue weighted by Gasteiger charge is -2.15. The van der Waals surface area contributed by atoms with Crippen LogP contribution in [0.3, 0.4) is 0 Å². The molecular formula is C6H13N3O3. The Morgan fingerprint density at radius 3 is 2.50 bits per heavy atom. The smallest absolute Gasteiger partial charge is 0.414 e. The van der Waals surface area contributed by atoms with Gasteiger partial charge in [-0.3, -0.25) is 4.79 Å². The number of likely N-dealkylation sites (N-methyl/N-ethyl adjacent to an activating group) is 1. The highest BCUT2D eigenvalue weighted by Gasteiger charge is 2.17. The molecule has 0 spiro atoms. The molecule has 6 nitrogen and oxygen atoms in total. The fraction of sp³-hybridized carbons (Fsp3) is 0.667. The van der Waals surface area contributed by atoms with Crippen molar-refractivity contribution < 1.29 is 14.7 Å². The van der Waals surface area contributed by atoms with Gasteiger partial charge < -0.3 is 16.2 Å². The maximum atomic E-state index is 10.9. The van der Waals surface area contributed by atoms with Gasteiger partial charge in [0, 0.05) is 13.1 Å². The quantitative estimate of drug-likeness (QED) is 0.492. The van der Waals surface area contributed by atoms with Crippen LogP contribution >= 0.6 is 0 Å². The van der Waals surface area contributed by atoms with Crippen molar-refractivity contribution in [1.82, 2.24) is 10.2 Å². The number of amides is 2. The van der Waals surface area contributed by atoms with E-state index in [1.807, 2.05) is 0 Å². The van der Waals surface area contributed by atoms with E-state index in [1.165, 1.54) is 0 Å². The molecule has 0 aliphatic heterocycles. The lowest BCUT2D eigenvalue weighted by molar-refractivity contribution is -0.127. The minimum Gasteiger partial charge on any atom is -0.465 e. The van der Waals surface area contributed by atoms with Crippen molar-refractivity contribution >= 4 is 12.0 Å². The Morgan fingerprint density at radius 1 is 1.58 bits per heavy atom. The molecule has 0 radical (unpaired) electrons. The minimum atomic E-state index is -1.26. The number of imide groups is 1. The summed E-state index contributed by atoms with van der Waals surface area (Å²) in [6.45, 7) is 0.274. The summed E-state index contributed by atoms with van der Waals surface area (Å²) in [5, 5.41) is 11.3. The van der Waals surface area contributed by atoms with Gasteiger partial charge in [0.15, 0.2) is 0 Å². The first-order valence-corrected chi connectivity index (χ1v) is 3.51. The lowest BCUT2D eigenvalue weighted by atomic mass is 10.4. The molecule has 0 unspecified atom stereocenters. The van der Waals surface area contributed by atoms with E-state index in [9.17, 15) is 9.59 Å². The molecule has 70 valence electrons. The summed E-state index contributed by atoms with van der Waals surface area (Å²) in [4.78, 5) is 22.0. The fourth-order valence-corrected chi connectivity index (χ4v) is 0.661. The lowest BCUT2D eigenvalue weighted by Crippen LogP contribution is -2.43. The Balaban J connectivity index is 4.04. The molecule has 0 saturated heterocycles. The molecular weight excluding hydrogens is 162 g/mol. The first-order valence-electron chi connectivity index (χ1n) is 3.51. The van der Waals surface area contributed by atoms with E-state index in [2.05, 4.69) is 5.32 Å². The van der Waals surface area contributed by atoms with Crippen molar-refractivity contribution in [3.8, 4) is 0 Å². The monoisotopic (exact) mass is 175 g/mol. The van der Waals surface area contributed by atoms with Crippen LogP contribution in [0.25, 0.3) is 0 Å². The summed E-state index contributed by atoms with van der Waals surface area (Å²) < 4.78 is 0. The number of nitrogens with one attached hydrogen (secondary N) is 1. The van der Waals surface area contributed by atoms with Crippen LogP contribution in [0.1, 0.15) is 0 Å². The number of carbonyl (C=O) groups is 2. The van der Waals surface area contributed by atoms with Crippen molar-refractivity contribution in [1.29, 1.82) is 0 Å². The number of rotatable bonds is 4. The predicted molar refractivity (Wildman–Crippen MR) is 42.7 cm³/mol. The zero-order valence-electron chi connectivity index (χ0n) is 6.91. The molecule has 0 bridgehead atoms. The standard InChI is InChI=1S/C6H13N3O3/c1-8-2-3-9(6(11)12)5(10)4-7/h8H,2-4,7H2,1H3,(H,11,12). The molecule has 6 heteroatoms. The van der Waals surface area contributed by atoms with Gasteiger partial charge in [0.05, 0.1) is 6.54 Å². The molecule has 2 amide bonds. The Bertz CT molecular complexity index is 171. The molecule has 0 aromatic carbocycles. The zero-order chi connectivity index (χ0) is 9.56. The van der Waals surface area contributed by atoms with Crippen LogP contribution < -0.4 is 11.1 Å². The highest BCUT2D eigenvalue weighted by molar-refractivity contribution is 5.92. The number of carboxylic acid groups (broad SMARTS) is 1. The number of hydrogen-bond acceptors (Lipinski definition) is 4. The van der Waals surface area contributed by atoms with Gasteiger partial charge in [-0.2, -0.15) is 0 Å². The van der Waals surface area contributed by atoms with Crippen LogP contribution in [0.5, 0.6) is 0 Å². The van der Waals surface area contributed by atoms with Gasteiger partial charge in [-0.1, -0.05) is 0 Å². The van der Waals surface area contributed by atoms with Crippen molar-refractivity contribution in [2.24, 2.45) is 5.73 Å². The van der Waals surface area contributed by atoms with Gasteiger partial charge in [0.25, 0.3) is 0 Å². The fourth-order valence-electron chi connectivity index (χ4n) is 0.661. The van der Waals surface area contributed by atoms with Crippen molar-refractivity contribution in [3.63, 3.8) is 0 Å². The summed E-state index contributed by atoms with van der Waals surface area (Å²) in [6.07, 6.45) is -1.26. The molecule has 0 aliphatic carbocycles. The number of nitrogens with zero attached hydrogens (tertiary/aromatic N) is 1. The van der Waals surface area contributed by atoms with Crippen LogP contribution in [0.4, 0.5) is 4.79 Å². The Kier molecular flexibility index (Phi) is 4.98. The zero-order valence-corrected chi connectivity index (χ0v) is 6.91. The van der Waals surface area contributed by atoms with Gasteiger partial charge >= 0.3 is 6.09 Å². The summed E-state index contributed by atoms with van der Waals surface area (Å²) >= 11 is 0. The number of hydrogen-bond donors (Lipinski definition) is 3. The number of nitrogens with two attached hydrogens (primary N) is 1. The van der Waals surface area contributed by atoms with E-state index < -0.39 is 12.0 Å². The van der Waals surface area contributed by atoms with E-state index in [0.29, 0.717) is 11.4 Å². The maximum absolute atomic E-state index is 10.9. The van der Waals surface area contributed by atoms with Crippen molar-refractivity contribution in [2.75, 3.05) is 26.7 Å². The predicted octanol–water partition coefficient (Wildman–Crippen LogP) is -1.33. The van der Waals surface area contributed by atoms with Crippen molar-refractivity contribution in [3.05, 3.63) is 0 Å². The van der Waals surface area contributed by atoms with Crippen LogP contribution in [-0.2, 0) is 4.79 Å². The highest BCUT2D eigenvalue weighted by Crippen LogP contribution is 1.88. The van der Waals surface area contributed by atoms with E-state index in [-0.39, 0.29) is 13.1 Å². The molecule has 0 fully saturated rings. The maximum Gasteiger partial charge on any atom is 0.414 e. The third kappa shape index (κ3) is 3.31. The third-order valence-corrected chi connectivity index (χ3v) is 1.29. The van der Waals surface area contributed by atoms with Crippen LogP contribution in [-0.4, -0.2) is 48.7 Å². The van der Waals surface area contributed by atoms with E-state index in [0.717, 1.165) is 0 Å². The summed E-state index contributed by atoms with van der Waals surface area (Å²) in [5.41, 5.74) is 5.01. The second-order valence-corrected chi connectivity index (χ2v) is 2.14. The molecule has 4 N–H and O–H groups in total. The Labute approximate surface area is 70.3 Å². The first-order chi connectivity index (χ1) is 5.63.